The highest BCUT2D eigenvalue weighted by molar-refractivity contribution is 7.20. The molecule has 0 atom stereocenters. The van der Waals surface area contributed by atoms with Gasteiger partial charge in [0.25, 0.3) is 0 Å². The van der Waals surface area contributed by atoms with E-state index in [2.05, 4.69) is 9.97 Å². The van der Waals surface area contributed by atoms with Crippen LogP contribution in [-0.2, 0) is 0 Å². The highest BCUT2D eigenvalue weighted by atomic mass is 32.1. The van der Waals surface area contributed by atoms with E-state index in [1.165, 1.54) is 9.75 Å². The number of hydrogen-bond acceptors (Lipinski definition) is 4. The molecule has 0 unspecified atom stereocenters. The quantitative estimate of drug-likeness (QED) is 0.677. The molecule has 56 valence electrons. The fraction of sp³-hybridized carbons (Fsp3) is 0.143. The lowest BCUT2D eigenvalue weighted by molar-refractivity contribution is 1.30. The summed E-state index contributed by atoms with van der Waals surface area (Å²) in [5.74, 6) is 0. The van der Waals surface area contributed by atoms with Gasteiger partial charge in [0, 0.05) is 12.4 Å². The largest absolute Gasteiger partial charge is 0.252 e. The maximum atomic E-state index is 4.17. The normalized spacial score (nSPS) is 10.3. The summed E-state index contributed by atoms with van der Waals surface area (Å²) >= 11 is 3.35. The first-order chi connectivity index (χ1) is 5.36. The van der Waals surface area contributed by atoms with Crippen LogP contribution in [0.15, 0.2) is 17.9 Å². The van der Waals surface area contributed by atoms with Crippen LogP contribution in [0, 0.1) is 6.92 Å². The molecule has 0 saturated heterocycles. The van der Waals surface area contributed by atoms with E-state index in [0.717, 1.165) is 5.01 Å². The lowest BCUT2D eigenvalue weighted by atomic mass is 10.5. The third-order valence-electron chi connectivity index (χ3n) is 1.30. The van der Waals surface area contributed by atoms with Crippen LogP contribution in [-0.4, -0.2) is 9.97 Å². The first-order valence-corrected chi connectivity index (χ1v) is 4.87. The van der Waals surface area contributed by atoms with E-state index in [0.29, 0.717) is 0 Å². The molecule has 0 N–H and O–H groups in total. The van der Waals surface area contributed by atoms with Crippen molar-refractivity contribution in [3.63, 3.8) is 0 Å². The summed E-state index contributed by atoms with van der Waals surface area (Å²) in [6.45, 7) is 2.01. The van der Waals surface area contributed by atoms with Gasteiger partial charge in [-0.2, -0.15) is 0 Å². The average molecular weight is 182 g/mol. The molecule has 4 heteroatoms. The predicted molar refractivity (Wildman–Crippen MR) is 48.0 cm³/mol. The van der Waals surface area contributed by atoms with Crippen LogP contribution in [0.1, 0.15) is 5.01 Å². The zero-order valence-corrected chi connectivity index (χ0v) is 7.58. The molecular weight excluding hydrogens is 176 g/mol. The highest BCUT2D eigenvalue weighted by Crippen LogP contribution is 2.28. The molecule has 2 aromatic heterocycles. The van der Waals surface area contributed by atoms with Crippen LogP contribution >= 0.6 is 22.7 Å². The molecule has 2 nitrogen and oxygen atoms in total. The van der Waals surface area contributed by atoms with Crippen molar-refractivity contribution in [2.75, 3.05) is 0 Å². The summed E-state index contributed by atoms with van der Waals surface area (Å²) in [5, 5.41) is 1.10. The number of thiazole rings is 2. The van der Waals surface area contributed by atoms with Gasteiger partial charge in [-0.25, -0.2) is 4.98 Å². The zero-order valence-electron chi connectivity index (χ0n) is 5.94. The van der Waals surface area contributed by atoms with Crippen LogP contribution < -0.4 is 0 Å². The van der Waals surface area contributed by atoms with Gasteiger partial charge < -0.3 is 0 Å². The fourth-order valence-corrected chi connectivity index (χ4v) is 2.29. The second-order valence-electron chi connectivity index (χ2n) is 2.11. The van der Waals surface area contributed by atoms with Crippen molar-refractivity contribution < 1.29 is 0 Å². The number of aryl methyl sites for hydroxylation is 1. The Hall–Kier alpha value is -0.740. The van der Waals surface area contributed by atoms with Gasteiger partial charge in [-0.3, -0.25) is 4.98 Å². The SMILES string of the molecule is Cc1ncc(-c2cncs2)s1. The molecule has 0 saturated carbocycles. The Bertz CT molecular complexity index is 337. The Labute approximate surface area is 72.6 Å². The Morgan fingerprint density at radius 3 is 2.73 bits per heavy atom. The van der Waals surface area contributed by atoms with E-state index in [-0.39, 0.29) is 0 Å². The number of nitrogens with zero attached hydrogens (tertiary/aromatic N) is 2. The van der Waals surface area contributed by atoms with Crippen LogP contribution in [0.25, 0.3) is 9.75 Å². The molecule has 2 rings (SSSR count). The molecule has 0 spiro atoms. The maximum Gasteiger partial charge on any atom is 0.0900 e. The first kappa shape index (κ1) is 6.94. The highest BCUT2D eigenvalue weighted by Gasteiger charge is 2.01. The standard InChI is InChI=1S/C7H6N2S2/c1-5-9-3-7(11-5)6-2-8-4-10-6/h2-4H,1H3. The maximum absolute atomic E-state index is 4.17. The van der Waals surface area contributed by atoms with Crippen molar-refractivity contribution in [2.24, 2.45) is 0 Å². The van der Waals surface area contributed by atoms with Crippen molar-refractivity contribution in [2.45, 2.75) is 6.92 Å². The Morgan fingerprint density at radius 2 is 2.18 bits per heavy atom. The van der Waals surface area contributed by atoms with E-state index in [1.54, 1.807) is 22.7 Å². The summed E-state index contributed by atoms with van der Waals surface area (Å²) in [7, 11) is 0. The third kappa shape index (κ3) is 1.32. The van der Waals surface area contributed by atoms with Crippen molar-refractivity contribution in [3.8, 4) is 9.75 Å². The molecule has 0 aliphatic rings. The van der Waals surface area contributed by atoms with E-state index in [1.807, 2.05) is 24.8 Å². The summed E-state index contributed by atoms with van der Waals surface area (Å²) in [6, 6.07) is 0. The smallest absolute Gasteiger partial charge is 0.0900 e. The molecule has 0 aromatic carbocycles. The number of hydrogen-bond donors (Lipinski definition) is 0. The molecule has 2 heterocycles. The van der Waals surface area contributed by atoms with Crippen molar-refractivity contribution >= 4 is 22.7 Å². The van der Waals surface area contributed by atoms with Crippen molar-refractivity contribution in [1.82, 2.24) is 9.97 Å². The first-order valence-electron chi connectivity index (χ1n) is 3.17. The molecule has 2 aromatic rings. The van der Waals surface area contributed by atoms with E-state index < -0.39 is 0 Å². The summed E-state index contributed by atoms with van der Waals surface area (Å²) in [6.07, 6.45) is 3.77. The van der Waals surface area contributed by atoms with Gasteiger partial charge in [0.2, 0.25) is 0 Å². The predicted octanol–water partition coefficient (Wildman–Crippen LogP) is 2.58. The molecule has 0 aliphatic carbocycles. The van der Waals surface area contributed by atoms with Gasteiger partial charge in [-0.1, -0.05) is 0 Å². The van der Waals surface area contributed by atoms with Gasteiger partial charge in [-0.05, 0) is 6.92 Å². The average Bonchev–Trinajstić information content (AvgIpc) is 2.55. The van der Waals surface area contributed by atoms with Crippen LogP contribution in [0.5, 0.6) is 0 Å². The van der Waals surface area contributed by atoms with Crippen molar-refractivity contribution in [3.05, 3.63) is 22.9 Å². The second-order valence-corrected chi connectivity index (χ2v) is 4.23. The van der Waals surface area contributed by atoms with Crippen LogP contribution in [0.2, 0.25) is 0 Å². The van der Waals surface area contributed by atoms with Gasteiger partial charge in [0.1, 0.15) is 0 Å². The van der Waals surface area contributed by atoms with Crippen LogP contribution in [0.3, 0.4) is 0 Å². The minimum absolute atomic E-state index is 1.10. The molecular formula is C7H6N2S2. The third-order valence-corrected chi connectivity index (χ3v) is 3.18. The minimum atomic E-state index is 1.10. The number of aromatic nitrogens is 2. The monoisotopic (exact) mass is 182 g/mol. The zero-order chi connectivity index (χ0) is 7.68. The fourth-order valence-electron chi connectivity index (χ4n) is 0.813. The van der Waals surface area contributed by atoms with Gasteiger partial charge in [-0.15, -0.1) is 22.7 Å². The summed E-state index contributed by atoms with van der Waals surface area (Å²) in [5.41, 5.74) is 1.84. The van der Waals surface area contributed by atoms with E-state index in [9.17, 15) is 0 Å². The van der Waals surface area contributed by atoms with Crippen molar-refractivity contribution in [1.29, 1.82) is 0 Å². The Morgan fingerprint density at radius 1 is 1.27 bits per heavy atom. The molecule has 11 heavy (non-hydrogen) atoms. The molecule has 0 bridgehead atoms. The van der Waals surface area contributed by atoms with Crippen LogP contribution in [0.4, 0.5) is 0 Å². The lowest BCUT2D eigenvalue weighted by Crippen LogP contribution is -1.59. The van der Waals surface area contributed by atoms with Gasteiger partial charge in [0.15, 0.2) is 0 Å². The van der Waals surface area contributed by atoms with E-state index >= 15 is 0 Å². The molecule has 0 amide bonds. The number of rotatable bonds is 1. The Balaban J connectivity index is 2.45. The Kier molecular flexibility index (Phi) is 1.71. The molecule has 0 fully saturated rings. The van der Waals surface area contributed by atoms with Gasteiger partial charge in [0.05, 0.1) is 20.3 Å². The molecule has 0 radical (unpaired) electrons. The summed E-state index contributed by atoms with van der Waals surface area (Å²) < 4.78 is 0. The molecule has 0 aliphatic heterocycles. The van der Waals surface area contributed by atoms with Gasteiger partial charge >= 0.3 is 0 Å². The second kappa shape index (κ2) is 2.71. The minimum Gasteiger partial charge on any atom is -0.252 e. The topological polar surface area (TPSA) is 25.8 Å². The van der Waals surface area contributed by atoms with E-state index in [4.69, 9.17) is 0 Å². The lowest BCUT2D eigenvalue weighted by Gasteiger charge is -1.82. The summed E-state index contributed by atoms with van der Waals surface area (Å²) in [4.78, 5) is 10.6.